The third kappa shape index (κ3) is 2.87. The van der Waals surface area contributed by atoms with Gasteiger partial charge in [0.05, 0.1) is 12.0 Å². The largest absolute Gasteiger partial charge is 0.481 e. The monoisotopic (exact) mass is 341 g/mol. The molecule has 0 unspecified atom stereocenters. The molecule has 0 bridgehead atoms. The van der Waals surface area contributed by atoms with Crippen LogP contribution >= 0.6 is 0 Å². The zero-order valence-electron chi connectivity index (χ0n) is 14.4. The van der Waals surface area contributed by atoms with Gasteiger partial charge in [-0.05, 0) is 31.0 Å². The molecule has 2 atom stereocenters. The van der Waals surface area contributed by atoms with Crippen molar-refractivity contribution in [1.82, 2.24) is 4.90 Å². The van der Waals surface area contributed by atoms with E-state index in [2.05, 4.69) is 17.0 Å². The fraction of sp³-hybridized carbons (Fsp3) is 0.450. The number of fused-ring (bicyclic) bond motifs is 1. The number of rotatable bonds is 4. The van der Waals surface area contributed by atoms with E-state index in [0.717, 1.165) is 35.7 Å². The fourth-order valence-electron chi connectivity index (χ4n) is 4.24. The molecule has 25 heavy (non-hydrogen) atoms. The van der Waals surface area contributed by atoms with Crippen LogP contribution in [0.15, 0.2) is 40.8 Å². The lowest BCUT2D eigenvalue weighted by Gasteiger charge is -2.34. The number of carboxylic acids is 1. The predicted molar refractivity (Wildman–Crippen MR) is 93.2 cm³/mol. The highest BCUT2D eigenvalue weighted by molar-refractivity contribution is 5.76. The van der Waals surface area contributed by atoms with Gasteiger partial charge in [-0.2, -0.15) is 0 Å². The molecule has 2 fully saturated rings. The van der Waals surface area contributed by atoms with Crippen LogP contribution in [0.3, 0.4) is 0 Å². The van der Waals surface area contributed by atoms with Crippen molar-refractivity contribution >= 4 is 5.97 Å². The van der Waals surface area contributed by atoms with Crippen LogP contribution < -0.4 is 0 Å². The second kappa shape index (κ2) is 6.32. The van der Waals surface area contributed by atoms with E-state index >= 15 is 0 Å². The third-order valence-corrected chi connectivity index (χ3v) is 5.62. The van der Waals surface area contributed by atoms with E-state index < -0.39 is 11.4 Å². The summed E-state index contributed by atoms with van der Waals surface area (Å²) in [5.74, 6) is 1.13. The first-order chi connectivity index (χ1) is 12.1. The number of likely N-dealkylation sites (tertiary alicyclic amines) is 1. The third-order valence-electron chi connectivity index (χ3n) is 5.62. The molecule has 3 heterocycles. The van der Waals surface area contributed by atoms with Gasteiger partial charge in [0.15, 0.2) is 0 Å². The average molecular weight is 341 g/mol. The summed E-state index contributed by atoms with van der Waals surface area (Å²) >= 11 is 0. The number of benzene rings is 1. The summed E-state index contributed by atoms with van der Waals surface area (Å²) in [7, 11) is 0. The lowest BCUT2D eigenvalue weighted by Crippen LogP contribution is -2.44. The molecule has 0 aliphatic carbocycles. The molecular formula is C20H23NO4. The van der Waals surface area contributed by atoms with Crippen LogP contribution in [0.25, 0.3) is 11.3 Å². The molecule has 0 saturated carbocycles. The van der Waals surface area contributed by atoms with Gasteiger partial charge in [-0.1, -0.05) is 24.3 Å². The summed E-state index contributed by atoms with van der Waals surface area (Å²) < 4.78 is 11.3. The summed E-state index contributed by atoms with van der Waals surface area (Å²) in [6.07, 6.45) is 0.600. The molecule has 0 radical (unpaired) electrons. The molecule has 4 rings (SSSR count). The van der Waals surface area contributed by atoms with Gasteiger partial charge in [0.1, 0.15) is 11.5 Å². The molecule has 0 amide bonds. The quantitative estimate of drug-likeness (QED) is 0.925. The minimum atomic E-state index is -0.682. The number of carbonyl (C=O) groups is 1. The van der Waals surface area contributed by atoms with Crippen LogP contribution in [-0.2, 0) is 16.1 Å². The van der Waals surface area contributed by atoms with Crippen LogP contribution in [0.4, 0.5) is 0 Å². The van der Waals surface area contributed by atoms with E-state index in [1.807, 2.05) is 31.2 Å². The Morgan fingerprint density at radius 3 is 2.88 bits per heavy atom. The van der Waals surface area contributed by atoms with E-state index in [4.69, 9.17) is 9.15 Å². The van der Waals surface area contributed by atoms with Crippen molar-refractivity contribution in [2.24, 2.45) is 11.3 Å². The van der Waals surface area contributed by atoms with Gasteiger partial charge in [0, 0.05) is 37.7 Å². The number of hydrogen-bond acceptors (Lipinski definition) is 4. The second-order valence-electron chi connectivity index (χ2n) is 7.22. The van der Waals surface area contributed by atoms with E-state index in [0.29, 0.717) is 26.2 Å². The lowest BCUT2D eigenvalue weighted by molar-refractivity contribution is -0.157. The SMILES string of the molecule is Cc1ccc(-c2ccccc2CN2C[C@@H]3COCC[C@]3(C(=O)O)C2)o1. The van der Waals surface area contributed by atoms with Gasteiger partial charge in [0.2, 0.25) is 0 Å². The van der Waals surface area contributed by atoms with Gasteiger partial charge in [0.25, 0.3) is 0 Å². The minimum absolute atomic E-state index is 0.0665. The Hall–Kier alpha value is -2.11. The molecule has 0 spiro atoms. The van der Waals surface area contributed by atoms with Crippen molar-refractivity contribution in [2.45, 2.75) is 19.9 Å². The van der Waals surface area contributed by atoms with Crippen LogP contribution in [0.5, 0.6) is 0 Å². The number of carboxylic acid groups (broad SMARTS) is 1. The van der Waals surface area contributed by atoms with Crippen molar-refractivity contribution in [3.8, 4) is 11.3 Å². The maximum Gasteiger partial charge on any atom is 0.311 e. The smallest absolute Gasteiger partial charge is 0.311 e. The fourth-order valence-corrected chi connectivity index (χ4v) is 4.24. The summed E-state index contributed by atoms with van der Waals surface area (Å²) in [5, 5.41) is 9.82. The first-order valence-electron chi connectivity index (χ1n) is 8.77. The summed E-state index contributed by atoms with van der Waals surface area (Å²) in [5.41, 5.74) is 1.58. The topological polar surface area (TPSA) is 62.9 Å². The predicted octanol–water partition coefficient (Wildman–Crippen LogP) is 3.18. The molecule has 1 N–H and O–H groups in total. The van der Waals surface area contributed by atoms with Crippen molar-refractivity contribution in [1.29, 1.82) is 0 Å². The van der Waals surface area contributed by atoms with Crippen LogP contribution in [0.2, 0.25) is 0 Å². The number of aliphatic carboxylic acids is 1. The second-order valence-corrected chi connectivity index (χ2v) is 7.22. The Labute approximate surface area is 147 Å². The summed E-state index contributed by atoms with van der Waals surface area (Å²) in [4.78, 5) is 14.2. The number of hydrogen-bond donors (Lipinski definition) is 1. The van der Waals surface area contributed by atoms with E-state index in [1.54, 1.807) is 0 Å². The van der Waals surface area contributed by atoms with Crippen molar-refractivity contribution in [3.05, 3.63) is 47.7 Å². The van der Waals surface area contributed by atoms with E-state index in [-0.39, 0.29) is 5.92 Å². The molecule has 132 valence electrons. The van der Waals surface area contributed by atoms with E-state index in [9.17, 15) is 9.90 Å². The van der Waals surface area contributed by atoms with Crippen molar-refractivity contribution < 1.29 is 19.1 Å². The van der Waals surface area contributed by atoms with Crippen LogP contribution in [-0.4, -0.2) is 42.3 Å². The molecular weight excluding hydrogens is 318 g/mol. The number of furan rings is 1. The van der Waals surface area contributed by atoms with Gasteiger partial charge in [-0.15, -0.1) is 0 Å². The van der Waals surface area contributed by atoms with Crippen LogP contribution in [0, 0.1) is 18.3 Å². The summed E-state index contributed by atoms with van der Waals surface area (Å²) in [6.45, 7) is 5.09. The Kier molecular flexibility index (Phi) is 4.13. The zero-order valence-corrected chi connectivity index (χ0v) is 14.4. The van der Waals surface area contributed by atoms with E-state index in [1.165, 1.54) is 0 Å². The highest BCUT2D eigenvalue weighted by atomic mass is 16.5. The molecule has 1 aromatic carbocycles. The Morgan fingerprint density at radius 2 is 2.16 bits per heavy atom. The minimum Gasteiger partial charge on any atom is -0.481 e. The highest BCUT2D eigenvalue weighted by Crippen LogP contribution is 2.43. The average Bonchev–Trinajstić information content (AvgIpc) is 3.19. The molecule has 2 aliphatic heterocycles. The lowest BCUT2D eigenvalue weighted by atomic mass is 9.74. The molecule has 2 aliphatic rings. The van der Waals surface area contributed by atoms with Gasteiger partial charge in [-0.25, -0.2) is 0 Å². The first kappa shape index (κ1) is 16.4. The van der Waals surface area contributed by atoms with Crippen LogP contribution in [0.1, 0.15) is 17.7 Å². The maximum absolute atomic E-state index is 11.9. The molecule has 5 nitrogen and oxygen atoms in total. The first-order valence-corrected chi connectivity index (χ1v) is 8.77. The summed E-state index contributed by atoms with van der Waals surface area (Å²) in [6, 6.07) is 12.1. The normalized spacial score (nSPS) is 26.5. The Morgan fingerprint density at radius 1 is 1.32 bits per heavy atom. The number of nitrogens with zero attached hydrogens (tertiary/aromatic N) is 1. The van der Waals surface area contributed by atoms with Gasteiger partial charge in [-0.3, -0.25) is 9.69 Å². The molecule has 2 aromatic rings. The number of ether oxygens (including phenoxy) is 1. The number of aryl methyl sites for hydroxylation is 1. The van der Waals surface area contributed by atoms with Gasteiger partial charge >= 0.3 is 5.97 Å². The molecule has 2 saturated heterocycles. The molecule has 1 aromatic heterocycles. The maximum atomic E-state index is 11.9. The zero-order chi connectivity index (χ0) is 17.4. The Balaban J connectivity index is 1.59. The standard InChI is InChI=1S/C20H23NO4/c1-14-6-7-18(25-14)17-5-3-2-4-15(17)10-21-11-16-12-24-9-8-20(16,13-21)19(22)23/h2-7,16H,8-13H2,1H3,(H,22,23)/t16-,20+/m1/s1. The highest BCUT2D eigenvalue weighted by Gasteiger charge is 2.53. The van der Waals surface area contributed by atoms with Crippen molar-refractivity contribution in [3.63, 3.8) is 0 Å². The Bertz CT molecular complexity index is 784. The van der Waals surface area contributed by atoms with Gasteiger partial charge < -0.3 is 14.3 Å². The van der Waals surface area contributed by atoms with Crippen molar-refractivity contribution in [2.75, 3.05) is 26.3 Å². The molecule has 5 heteroatoms.